The number of anilines is 1. The Bertz CT molecular complexity index is 914. The Labute approximate surface area is 168 Å². The molecule has 0 atom stereocenters. The molecule has 0 spiro atoms. The summed E-state index contributed by atoms with van der Waals surface area (Å²) in [6.45, 7) is 0.433. The Morgan fingerprint density at radius 1 is 0.963 bits per heavy atom. The van der Waals surface area contributed by atoms with Crippen molar-refractivity contribution in [2.24, 2.45) is 0 Å². The first-order valence-electron chi connectivity index (χ1n) is 8.38. The van der Waals surface area contributed by atoms with E-state index >= 15 is 0 Å². The number of hydrogen-bond acceptors (Lipinski definition) is 2. The fourth-order valence-electron chi connectivity index (χ4n) is 2.31. The molecular formula is C21H19ClN3OS+. The Morgan fingerprint density at radius 3 is 2.41 bits per heavy atom. The SMILES string of the molecule is S=C(N[NH+]=Cc1ccc(OCc2ccccc2Cl)cc1)Nc1ccccc1. The monoisotopic (exact) mass is 396 g/mol. The van der Waals surface area contributed by atoms with E-state index in [2.05, 4.69) is 15.8 Å². The molecule has 136 valence electrons. The van der Waals surface area contributed by atoms with E-state index in [0.29, 0.717) is 16.7 Å². The molecule has 27 heavy (non-hydrogen) atoms. The van der Waals surface area contributed by atoms with E-state index in [4.69, 9.17) is 28.6 Å². The minimum absolute atomic E-state index is 0.433. The molecule has 0 radical (unpaired) electrons. The van der Waals surface area contributed by atoms with E-state index in [-0.39, 0.29) is 0 Å². The highest BCUT2D eigenvalue weighted by molar-refractivity contribution is 7.80. The van der Waals surface area contributed by atoms with Gasteiger partial charge in [-0.2, -0.15) is 0 Å². The lowest BCUT2D eigenvalue weighted by Gasteiger charge is -2.07. The van der Waals surface area contributed by atoms with E-state index < -0.39 is 0 Å². The summed E-state index contributed by atoms with van der Waals surface area (Å²) >= 11 is 11.4. The number of hydrazine groups is 1. The van der Waals surface area contributed by atoms with Crippen LogP contribution in [0.3, 0.4) is 0 Å². The maximum Gasteiger partial charge on any atom is 0.228 e. The van der Waals surface area contributed by atoms with Crippen molar-refractivity contribution in [1.82, 2.24) is 5.43 Å². The van der Waals surface area contributed by atoms with Gasteiger partial charge in [0.15, 0.2) is 6.21 Å². The predicted molar refractivity (Wildman–Crippen MR) is 114 cm³/mol. The lowest BCUT2D eigenvalue weighted by molar-refractivity contribution is -0.499. The summed E-state index contributed by atoms with van der Waals surface area (Å²) in [4.78, 5) is 0. The summed E-state index contributed by atoms with van der Waals surface area (Å²) in [6, 6.07) is 25.1. The number of nitrogens with one attached hydrogen (secondary N) is 3. The molecular weight excluding hydrogens is 378 g/mol. The maximum atomic E-state index is 6.13. The molecule has 6 heteroatoms. The highest BCUT2D eigenvalue weighted by atomic mass is 35.5. The van der Waals surface area contributed by atoms with Gasteiger partial charge in [0.25, 0.3) is 0 Å². The third-order valence-corrected chi connectivity index (χ3v) is 4.26. The van der Waals surface area contributed by atoms with Crippen LogP contribution in [0.4, 0.5) is 5.69 Å². The van der Waals surface area contributed by atoms with Crippen LogP contribution in [-0.4, -0.2) is 11.3 Å². The number of rotatable bonds is 6. The summed E-state index contributed by atoms with van der Waals surface area (Å²) in [5.74, 6) is 0.779. The molecule has 0 unspecified atom stereocenters. The minimum Gasteiger partial charge on any atom is -0.489 e. The maximum absolute atomic E-state index is 6.13. The van der Waals surface area contributed by atoms with Gasteiger partial charge in [0, 0.05) is 21.8 Å². The van der Waals surface area contributed by atoms with Crippen LogP contribution in [0.1, 0.15) is 11.1 Å². The van der Waals surface area contributed by atoms with Gasteiger partial charge in [-0.3, -0.25) is 0 Å². The van der Waals surface area contributed by atoms with Crippen molar-refractivity contribution in [2.75, 3.05) is 5.32 Å². The summed E-state index contributed by atoms with van der Waals surface area (Å²) in [5, 5.41) is 7.24. The fraction of sp³-hybridized carbons (Fsp3) is 0.0476. The van der Waals surface area contributed by atoms with E-state index in [0.717, 1.165) is 22.6 Å². The van der Waals surface area contributed by atoms with Crippen molar-refractivity contribution in [1.29, 1.82) is 0 Å². The van der Waals surface area contributed by atoms with Crippen LogP contribution in [0.2, 0.25) is 5.02 Å². The van der Waals surface area contributed by atoms with Gasteiger partial charge in [-0.05, 0) is 54.7 Å². The van der Waals surface area contributed by atoms with Crippen LogP contribution < -0.4 is 20.6 Å². The number of halogens is 1. The molecule has 4 nitrogen and oxygen atoms in total. The number of hydrogen-bond donors (Lipinski definition) is 3. The molecule has 0 saturated heterocycles. The summed E-state index contributed by atoms with van der Waals surface area (Å²) < 4.78 is 5.77. The van der Waals surface area contributed by atoms with E-state index in [1.165, 1.54) is 0 Å². The van der Waals surface area contributed by atoms with Gasteiger partial charge >= 0.3 is 0 Å². The number of thiocarbonyl (C=S) groups is 1. The average Bonchev–Trinajstić information content (AvgIpc) is 2.69. The topological polar surface area (TPSA) is 47.3 Å². The van der Waals surface area contributed by atoms with Gasteiger partial charge in [-0.25, -0.2) is 0 Å². The largest absolute Gasteiger partial charge is 0.489 e. The second kappa shape index (κ2) is 9.71. The zero-order valence-corrected chi connectivity index (χ0v) is 16.1. The molecule has 3 aromatic rings. The third-order valence-electron chi connectivity index (χ3n) is 3.69. The lowest BCUT2D eigenvalue weighted by atomic mass is 10.2. The van der Waals surface area contributed by atoms with Crippen molar-refractivity contribution in [3.05, 3.63) is 95.0 Å². The first-order chi connectivity index (χ1) is 13.2. The van der Waals surface area contributed by atoms with Crippen molar-refractivity contribution in [3.63, 3.8) is 0 Å². The van der Waals surface area contributed by atoms with Gasteiger partial charge in [-0.15, -0.1) is 10.5 Å². The summed E-state index contributed by atoms with van der Waals surface area (Å²) in [6.07, 6.45) is 1.82. The molecule has 0 aliphatic rings. The summed E-state index contributed by atoms with van der Waals surface area (Å²) in [5.41, 5.74) is 5.78. The zero-order valence-electron chi connectivity index (χ0n) is 14.5. The Hall–Kier alpha value is -2.89. The molecule has 0 heterocycles. The van der Waals surface area contributed by atoms with E-state index in [1.54, 1.807) is 0 Å². The second-order valence-electron chi connectivity index (χ2n) is 5.68. The van der Waals surface area contributed by atoms with Crippen molar-refractivity contribution in [2.45, 2.75) is 6.61 Å². The molecule has 3 N–H and O–H groups in total. The molecule has 0 aromatic heterocycles. The Balaban J connectivity index is 1.48. The smallest absolute Gasteiger partial charge is 0.228 e. The van der Waals surface area contributed by atoms with Crippen molar-refractivity contribution >= 4 is 40.8 Å². The highest BCUT2D eigenvalue weighted by Crippen LogP contribution is 2.18. The normalized spacial score (nSPS) is 10.6. The second-order valence-corrected chi connectivity index (χ2v) is 6.50. The molecule has 0 bridgehead atoms. The molecule has 3 aromatic carbocycles. The number of ether oxygens (including phenoxy) is 1. The fourth-order valence-corrected chi connectivity index (χ4v) is 2.67. The number of hydrazone groups is 1. The third kappa shape index (κ3) is 6.09. The molecule has 0 aliphatic carbocycles. The Kier molecular flexibility index (Phi) is 6.79. The van der Waals surface area contributed by atoms with E-state index in [9.17, 15) is 0 Å². The van der Waals surface area contributed by atoms with Crippen molar-refractivity contribution in [3.8, 4) is 5.75 Å². The van der Waals surface area contributed by atoms with Crippen LogP contribution in [0.5, 0.6) is 5.75 Å². The minimum atomic E-state index is 0.433. The van der Waals surface area contributed by atoms with E-state index in [1.807, 2.05) is 85.1 Å². The van der Waals surface area contributed by atoms with Gasteiger partial charge in [0.1, 0.15) is 12.4 Å². The molecule has 0 saturated carbocycles. The Morgan fingerprint density at radius 2 is 1.67 bits per heavy atom. The standard InChI is InChI=1S/C21H18ClN3OS/c22-20-9-5-4-6-17(20)15-26-19-12-10-16(11-13-19)14-23-25-21(27)24-18-7-2-1-3-8-18/h1-14H,15H2,(H2,24,25,27)/p+1. The first kappa shape index (κ1) is 18.9. The molecule has 0 fully saturated rings. The zero-order chi connectivity index (χ0) is 18.9. The summed E-state index contributed by atoms with van der Waals surface area (Å²) in [7, 11) is 0. The van der Waals surface area contributed by atoms with Crippen LogP contribution >= 0.6 is 23.8 Å². The van der Waals surface area contributed by atoms with Crippen LogP contribution in [0.15, 0.2) is 78.9 Å². The number of para-hydroxylation sites is 1. The molecule has 0 aliphatic heterocycles. The molecule has 3 rings (SSSR count). The molecule has 0 amide bonds. The van der Waals surface area contributed by atoms with Gasteiger partial charge in [-0.1, -0.05) is 48.0 Å². The number of benzene rings is 3. The highest BCUT2D eigenvalue weighted by Gasteiger charge is 2.01. The van der Waals surface area contributed by atoms with Crippen LogP contribution in [0.25, 0.3) is 0 Å². The van der Waals surface area contributed by atoms with Crippen LogP contribution in [0, 0.1) is 0 Å². The average molecular weight is 397 g/mol. The van der Waals surface area contributed by atoms with Crippen molar-refractivity contribution < 1.29 is 9.84 Å². The van der Waals surface area contributed by atoms with Gasteiger partial charge < -0.3 is 10.1 Å². The van der Waals surface area contributed by atoms with Crippen LogP contribution in [-0.2, 0) is 6.61 Å². The quantitative estimate of drug-likeness (QED) is 0.340. The predicted octanol–water partition coefficient (Wildman–Crippen LogP) is 3.32. The van der Waals surface area contributed by atoms with Gasteiger partial charge in [0.05, 0.1) is 0 Å². The lowest BCUT2D eigenvalue weighted by Crippen LogP contribution is -2.82. The first-order valence-corrected chi connectivity index (χ1v) is 9.16. The van der Waals surface area contributed by atoms with Gasteiger partial charge in [0.2, 0.25) is 5.11 Å².